The van der Waals surface area contributed by atoms with Gasteiger partial charge >= 0.3 is 0 Å². The van der Waals surface area contributed by atoms with E-state index in [0.29, 0.717) is 5.84 Å². The Morgan fingerprint density at radius 1 is 1.70 bits per heavy atom. The van der Waals surface area contributed by atoms with Crippen LogP contribution < -0.4 is 11.5 Å². The van der Waals surface area contributed by atoms with E-state index in [9.17, 15) is 0 Å². The second-order valence-electron chi connectivity index (χ2n) is 2.53. The van der Waals surface area contributed by atoms with E-state index >= 15 is 0 Å². The second kappa shape index (κ2) is 2.84. The summed E-state index contributed by atoms with van der Waals surface area (Å²) in [4.78, 5) is 4.13. The standard InChI is InChI=1S/C7H13N3/c1-5-2-3-10-7(9)6(5)4-8/h2-4,8H2,1H3,(H2,9,10)/p+1. The average Bonchev–Trinajstić information content (AvgIpc) is 1.88. The molecule has 3 heteroatoms. The lowest BCUT2D eigenvalue weighted by atomic mass is 10.0. The number of quaternary nitrogens is 1. The summed E-state index contributed by atoms with van der Waals surface area (Å²) in [7, 11) is 0. The summed E-state index contributed by atoms with van der Waals surface area (Å²) in [5, 5.41) is 0. The summed E-state index contributed by atoms with van der Waals surface area (Å²) in [5.41, 5.74) is 11.9. The number of hydrogen-bond donors (Lipinski definition) is 2. The molecule has 5 N–H and O–H groups in total. The molecule has 0 fully saturated rings. The van der Waals surface area contributed by atoms with Crippen molar-refractivity contribution in [2.75, 3.05) is 13.1 Å². The van der Waals surface area contributed by atoms with Gasteiger partial charge in [0.1, 0.15) is 12.4 Å². The van der Waals surface area contributed by atoms with Crippen LogP contribution in [0.5, 0.6) is 0 Å². The van der Waals surface area contributed by atoms with E-state index in [-0.39, 0.29) is 0 Å². The van der Waals surface area contributed by atoms with Crippen molar-refractivity contribution in [1.29, 1.82) is 0 Å². The van der Waals surface area contributed by atoms with Crippen molar-refractivity contribution < 1.29 is 5.73 Å². The van der Waals surface area contributed by atoms with Gasteiger partial charge < -0.3 is 11.5 Å². The van der Waals surface area contributed by atoms with Crippen LogP contribution in [-0.4, -0.2) is 18.9 Å². The SMILES string of the molecule is CC1=C(C[NH3+])C(N)=NCC1. The highest BCUT2D eigenvalue weighted by Gasteiger charge is 2.10. The summed E-state index contributed by atoms with van der Waals surface area (Å²) < 4.78 is 0. The third kappa shape index (κ3) is 1.19. The predicted octanol–water partition coefficient (Wildman–Crippen LogP) is -0.694. The summed E-state index contributed by atoms with van der Waals surface area (Å²) in [6, 6.07) is 0. The lowest BCUT2D eigenvalue weighted by Crippen LogP contribution is -2.53. The van der Waals surface area contributed by atoms with E-state index in [1.54, 1.807) is 0 Å². The van der Waals surface area contributed by atoms with Crippen LogP contribution in [-0.2, 0) is 0 Å². The zero-order valence-corrected chi connectivity index (χ0v) is 6.35. The van der Waals surface area contributed by atoms with Gasteiger partial charge in [-0.05, 0) is 13.3 Å². The maximum absolute atomic E-state index is 5.63. The Hall–Kier alpha value is -0.830. The summed E-state index contributed by atoms with van der Waals surface area (Å²) in [6.45, 7) is 3.71. The molecule has 0 aliphatic carbocycles. The molecular formula is C7H14N3+. The van der Waals surface area contributed by atoms with Gasteiger partial charge in [-0.1, -0.05) is 5.57 Å². The summed E-state index contributed by atoms with van der Waals surface area (Å²) in [5.74, 6) is 0.693. The number of nitrogens with two attached hydrogens (primary N) is 1. The Bertz CT molecular complexity index is 191. The van der Waals surface area contributed by atoms with Crippen molar-refractivity contribution in [3.05, 3.63) is 11.1 Å². The van der Waals surface area contributed by atoms with E-state index in [1.807, 2.05) is 0 Å². The molecule has 0 spiro atoms. The first kappa shape index (κ1) is 7.28. The smallest absolute Gasteiger partial charge is 0.127 e. The zero-order valence-electron chi connectivity index (χ0n) is 6.35. The zero-order chi connectivity index (χ0) is 7.56. The molecule has 10 heavy (non-hydrogen) atoms. The van der Waals surface area contributed by atoms with Crippen LogP contribution in [0.15, 0.2) is 16.1 Å². The lowest BCUT2D eigenvalue weighted by Gasteiger charge is -2.12. The minimum atomic E-state index is 0.693. The van der Waals surface area contributed by atoms with Gasteiger partial charge in [0, 0.05) is 12.1 Å². The van der Waals surface area contributed by atoms with Gasteiger partial charge in [0.05, 0.1) is 0 Å². The largest absolute Gasteiger partial charge is 0.384 e. The van der Waals surface area contributed by atoms with Crippen LogP contribution in [0.3, 0.4) is 0 Å². The molecule has 0 aromatic heterocycles. The first-order valence-electron chi connectivity index (χ1n) is 3.54. The normalized spacial score (nSPS) is 19.2. The number of aliphatic imine (C=N–C) groups is 1. The monoisotopic (exact) mass is 140 g/mol. The van der Waals surface area contributed by atoms with E-state index in [2.05, 4.69) is 17.6 Å². The Morgan fingerprint density at radius 2 is 2.40 bits per heavy atom. The van der Waals surface area contributed by atoms with Crippen LogP contribution in [0.2, 0.25) is 0 Å². The van der Waals surface area contributed by atoms with Gasteiger partial charge in [-0.3, -0.25) is 4.99 Å². The van der Waals surface area contributed by atoms with Gasteiger partial charge in [0.25, 0.3) is 0 Å². The maximum atomic E-state index is 5.63. The van der Waals surface area contributed by atoms with Crippen molar-refractivity contribution in [3.63, 3.8) is 0 Å². The van der Waals surface area contributed by atoms with Crippen LogP contribution in [0.25, 0.3) is 0 Å². The Morgan fingerprint density at radius 3 is 2.80 bits per heavy atom. The van der Waals surface area contributed by atoms with E-state index in [1.165, 1.54) is 5.57 Å². The Balaban J connectivity index is 2.87. The molecule has 0 unspecified atom stereocenters. The fraction of sp³-hybridized carbons (Fsp3) is 0.571. The van der Waals surface area contributed by atoms with Crippen molar-refractivity contribution in [1.82, 2.24) is 0 Å². The Labute approximate surface area is 60.8 Å². The van der Waals surface area contributed by atoms with Crippen molar-refractivity contribution in [3.8, 4) is 0 Å². The minimum Gasteiger partial charge on any atom is -0.384 e. The van der Waals surface area contributed by atoms with Crippen LogP contribution in [0.4, 0.5) is 0 Å². The average molecular weight is 140 g/mol. The highest BCUT2D eigenvalue weighted by Crippen LogP contribution is 2.11. The molecule has 1 rings (SSSR count). The highest BCUT2D eigenvalue weighted by atomic mass is 14.9. The molecule has 0 aromatic carbocycles. The molecule has 0 atom stereocenters. The van der Waals surface area contributed by atoms with Crippen molar-refractivity contribution in [2.24, 2.45) is 10.7 Å². The highest BCUT2D eigenvalue weighted by molar-refractivity contribution is 5.98. The predicted molar refractivity (Wildman–Crippen MR) is 41.6 cm³/mol. The summed E-state index contributed by atoms with van der Waals surface area (Å²) in [6.07, 6.45) is 1.05. The molecule has 1 aliphatic rings. The first-order valence-corrected chi connectivity index (χ1v) is 3.54. The fourth-order valence-electron chi connectivity index (χ4n) is 1.15. The molecular weight excluding hydrogens is 126 g/mol. The quantitative estimate of drug-likeness (QED) is 0.497. The van der Waals surface area contributed by atoms with Crippen molar-refractivity contribution >= 4 is 5.84 Å². The number of nitrogens with zero attached hydrogens (tertiary/aromatic N) is 1. The molecule has 0 saturated heterocycles. The third-order valence-electron chi connectivity index (χ3n) is 1.84. The van der Waals surface area contributed by atoms with Crippen LogP contribution in [0.1, 0.15) is 13.3 Å². The van der Waals surface area contributed by atoms with Gasteiger partial charge in [-0.15, -0.1) is 0 Å². The minimum absolute atomic E-state index is 0.693. The summed E-state index contributed by atoms with van der Waals surface area (Å²) >= 11 is 0. The van der Waals surface area contributed by atoms with E-state index < -0.39 is 0 Å². The Kier molecular flexibility index (Phi) is 2.06. The number of amidine groups is 1. The molecule has 0 saturated carbocycles. The van der Waals surface area contributed by atoms with Crippen molar-refractivity contribution in [2.45, 2.75) is 13.3 Å². The molecule has 0 bridgehead atoms. The molecule has 56 valence electrons. The van der Waals surface area contributed by atoms with E-state index in [4.69, 9.17) is 5.73 Å². The molecule has 3 nitrogen and oxygen atoms in total. The molecule has 1 heterocycles. The second-order valence-corrected chi connectivity index (χ2v) is 2.53. The van der Waals surface area contributed by atoms with Crippen LogP contribution >= 0.6 is 0 Å². The molecule has 0 amide bonds. The number of rotatable bonds is 1. The van der Waals surface area contributed by atoms with Gasteiger partial charge in [-0.25, -0.2) is 0 Å². The molecule has 1 aliphatic heterocycles. The lowest BCUT2D eigenvalue weighted by molar-refractivity contribution is -0.354. The van der Waals surface area contributed by atoms with Gasteiger partial charge in [-0.2, -0.15) is 0 Å². The van der Waals surface area contributed by atoms with Gasteiger partial charge in [0.15, 0.2) is 0 Å². The number of hydrogen-bond acceptors (Lipinski definition) is 2. The topological polar surface area (TPSA) is 66.0 Å². The maximum Gasteiger partial charge on any atom is 0.127 e. The molecule has 0 radical (unpaired) electrons. The van der Waals surface area contributed by atoms with E-state index in [0.717, 1.165) is 25.1 Å². The number of dihydropyridines is 1. The first-order chi connectivity index (χ1) is 4.75. The molecule has 0 aromatic rings. The van der Waals surface area contributed by atoms with Gasteiger partial charge in [0.2, 0.25) is 0 Å². The fourth-order valence-corrected chi connectivity index (χ4v) is 1.15. The van der Waals surface area contributed by atoms with Crippen LogP contribution in [0, 0.1) is 0 Å². The third-order valence-corrected chi connectivity index (χ3v) is 1.84.